The zero-order valence-corrected chi connectivity index (χ0v) is 12.1. The summed E-state index contributed by atoms with van der Waals surface area (Å²) in [4.78, 5) is 32.8. The molecule has 1 amide bonds. The summed E-state index contributed by atoms with van der Waals surface area (Å²) in [6, 6.07) is 2.30. The fraction of sp³-hybridized carbons (Fsp3) is 0.385. The molecule has 9 nitrogen and oxygen atoms in total. The summed E-state index contributed by atoms with van der Waals surface area (Å²) in [7, 11) is 1.34. The Balaban J connectivity index is 3.13. The quantitative estimate of drug-likeness (QED) is 0.545. The fourth-order valence-corrected chi connectivity index (χ4v) is 1.69. The summed E-state index contributed by atoms with van der Waals surface area (Å²) < 4.78 is 10.3. The monoisotopic (exact) mass is 312 g/mol. The summed E-state index contributed by atoms with van der Waals surface area (Å²) in [5, 5.41) is 21.9. The summed E-state index contributed by atoms with van der Waals surface area (Å²) >= 11 is 0. The van der Waals surface area contributed by atoms with Crippen LogP contribution < -0.4 is 14.8 Å². The van der Waals surface area contributed by atoms with E-state index in [1.807, 2.05) is 0 Å². The Hall–Kier alpha value is -2.84. The molecule has 0 unspecified atom stereocenters. The van der Waals surface area contributed by atoms with Crippen LogP contribution in [0.2, 0.25) is 0 Å². The van der Waals surface area contributed by atoms with Crippen LogP contribution in [0.15, 0.2) is 12.1 Å². The molecule has 22 heavy (non-hydrogen) atoms. The molecular weight excluding hydrogens is 296 g/mol. The van der Waals surface area contributed by atoms with Crippen molar-refractivity contribution in [3.05, 3.63) is 27.8 Å². The van der Waals surface area contributed by atoms with Gasteiger partial charge in [-0.2, -0.15) is 0 Å². The largest absolute Gasteiger partial charge is 0.493 e. The third kappa shape index (κ3) is 4.33. The summed E-state index contributed by atoms with van der Waals surface area (Å²) in [6.07, 6.45) is -0.284. The van der Waals surface area contributed by atoms with Crippen molar-refractivity contribution in [2.45, 2.75) is 13.3 Å². The Morgan fingerprint density at radius 3 is 2.55 bits per heavy atom. The molecule has 0 spiro atoms. The second-order valence-electron chi connectivity index (χ2n) is 4.11. The number of methoxy groups -OCH3 is 1. The van der Waals surface area contributed by atoms with Crippen LogP contribution in [0.4, 0.5) is 5.69 Å². The molecule has 0 bridgehead atoms. The van der Waals surface area contributed by atoms with E-state index in [9.17, 15) is 19.7 Å². The van der Waals surface area contributed by atoms with Gasteiger partial charge in [-0.15, -0.1) is 0 Å². The number of carboxylic acid groups (broad SMARTS) is 1. The molecule has 0 saturated heterocycles. The number of carbonyl (C=O) groups excluding carboxylic acids is 1. The average Bonchev–Trinajstić information content (AvgIpc) is 2.46. The molecule has 1 aromatic rings. The molecule has 0 heterocycles. The number of carboxylic acids is 1. The van der Waals surface area contributed by atoms with E-state index in [4.69, 9.17) is 14.6 Å². The standard InChI is InChI=1S/C13H16N2O7/c1-3-22-11-7-9(15(19)20)8(6-10(11)21-2)13(18)14-5-4-12(16)17/h6-7H,3-5H2,1-2H3,(H,14,18)(H,16,17). The first-order chi connectivity index (χ1) is 10.4. The van der Waals surface area contributed by atoms with Crippen molar-refractivity contribution in [3.8, 4) is 11.5 Å². The lowest BCUT2D eigenvalue weighted by atomic mass is 10.1. The van der Waals surface area contributed by atoms with Gasteiger partial charge in [0.2, 0.25) is 0 Å². The molecular formula is C13H16N2O7. The Morgan fingerprint density at radius 1 is 1.36 bits per heavy atom. The van der Waals surface area contributed by atoms with Gasteiger partial charge in [0.25, 0.3) is 11.6 Å². The second-order valence-corrected chi connectivity index (χ2v) is 4.11. The summed E-state index contributed by atoms with van der Waals surface area (Å²) in [5.41, 5.74) is -0.673. The van der Waals surface area contributed by atoms with E-state index in [0.29, 0.717) is 0 Å². The number of nitro groups is 1. The Morgan fingerprint density at radius 2 is 2.05 bits per heavy atom. The fourth-order valence-electron chi connectivity index (χ4n) is 1.69. The van der Waals surface area contributed by atoms with Gasteiger partial charge in [0.15, 0.2) is 11.5 Å². The van der Waals surface area contributed by atoms with Gasteiger partial charge in [0.05, 0.1) is 31.1 Å². The van der Waals surface area contributed by atoms with Gasteiger partial charge in [-0.3, -0.25) is 19.7 Å². The van der Waals surface area contributed by atoms with E-state index in [-0.39, 0.29) is 36.6 Å². The predicted molar refractivity (Wildman–Crippen MR) is 75.4 cm³/mol. The number of amides is 1. The van der Waals surface area contributed by atoms with Gasteiger partial charge in [-0.05, 0) is 6.92 Å². The zero-order chi connectivity index (χ0) is 16.7. The van der Waals surface area contributed by atoms with Crippen molar-refractivity contribution in [3.63, 3.8) is 0 Å². The minimum atomic E-state index is -1.08. The number of nitro benzene ring substituents is 1. The van der Waals surface area contributed by atoms with E-state index >= 15 is 0 Å². The van der Waals surface area contributed by atoms with E-state index in [1.54, 1.807) is 6.92 Å². The molecule has 0 radical (unpaired) electrons. The van der Waals surface area contributed by atoms with E-state index in [2.05, 4.69) is 5.32 Å². The smallest absolute Gasteiger partial charge is 0.305 e. The van der Waals surface area contributed by atoms with E-state index in [1.165, 1.54) is 13.2 Å². The van der Waals surface area contributed by atoms with Crippen LogP contribution in [0.25, 0.3) is 0 Å². The maximum Gasteiger partial charge on any atom is 0.305 e. The number of hydrogen-bond donors (Lipinski definition) is 2. The van der Waals surface area contributed by atoms with Crippen molar-refractivity contribution in [1.29, 1.82) is 0 Å². The van der Waals surface area contributed by atoms with Crippen LogP contribution in [0, 0.1) is 10.1 Å². The molecule has 0 aromatic heterocycles. The minimum Gasteiger partial charge on any atom is -0.493 e. The van der Waals surface area contributed by atoms with Crippen molar-refractivity contribution in [2.24, 2.45) is 0 Å². The third-order valence-electron chi connectivity index (χ3n) is 2.65. The Labute approximate surface area is 126 Å². The number of aliphatic carboxylic acids is 1. The Kier molecular flexibility index (Phi) is 6.11. The van der Waals surface area contributed by atoms with Crippen molar-refractivity contribution < 1.29 is 29.1 Å². The normalized spacial score (nSPS) is 9.91. The lowest BCUT2D eigenvalue weighted by Crippen LogP contribution is -2.26. The molecule has 0 fully saturated rings. The van der Waals surface area contributed by atoms with Gasteiger partial charge in [-0.1, -0.05) is 0 Å². The number of nitrogens with one attached hydrogen (secondary N) is 1. The molecule has 0 aliphatic carbocycles. The average molecular weight is 312 g/mol. The second kappa shape index (κ2) is 7.81. The molecule has 0 atom stereocenters. The van der Waals surface area contributed by atoms with E-state index in [0.717, 1.165) is 6.07 Å². The molecule has 0 aliphatic heterocycles. The SMILES string of the molecule is CCOc1cc([N+](=O)[O-])c(C(=O)NCCC(=O)O)cc1OC. The van der Waals surface area contributed by atoms with Gasteiger partial charge < -0.3 is 19.9 Å². The van der Waals surface area contributed by atoms with Crippen LogP contribution in [0.5, 0.6) is 11.5 Å². The van der Waals surface area contributed by atoms with Crippen LogP contribution in [0.3, 0.4) is 0 Å². The third-order valence-corrected chi connectivity index (χ3v) is 2.65. The zero-order valence-electron chi connectivity index (χ0n) is 12.1. The number of hydrogen-bond acceptors (Lipinski definition) is 6. The highest BCUT2D eigenvalue weighted by atomic mass is 16.6. The van der Waals surface area contributed by atoms with Gasteiger partial charge in [0.1, 0.15) is 5.56 Å². The summed E-state index contributed by atoms with van der Waals surface area (Å²) in [6.45, 7) is 1.84. The van der Waals surface area contributed by atoms with Crippen LogP contribution in [0.1, 0.15) is 23.7 Å². The molecule has 0 aliphatic rings. The topological polar surface area (TPSA) is 128 Å². The first-order valence-electron chi connectivity index (χ1n) is 6.39. The van der Waals surface area contributed by atoms with Gasteiger partial charge in [-0.25, -0.2) is 0 Å². The van der Waals surface area contributed by atoms with Crippen LogP contribution in [-0.4, -0.2) is 42.2 Å². The first-order valence-corrected chi connectivity index (χ1v) is 6.39. The number of benzene rings is 1. The van der Waals surface area contributed by atoms with Gasteiger partial charge in [0, 0.05) is 12.6 Å². The number of ether oxygens (including phenoxy) is 2. The molecule has 1 rings (SSSR count). The lowest BCUT2D eigenvalue weighted by molar-refractivity contribution is -0.385. The molecule has 2 N–H and O–H groups in total. The van der Waals surface area contributed by atoms with Gasteiger partial charge >= 0.3 is 5.97 Å². The number of nitrogens with zero attached hydrogens (tertiary/aromatic N) is 1. The molecule has 1 aromatic carbocycles. The maximum absolute atomic E-state index is 12.0. The Bertz CT molecular complexity index is 586. The van der Waals surface area contributed by atoms with Crippen LogP contribution in [-0.2, 0) is 4.79 Å². The van der Waals surface area contributed by atoms with Crippen molar-refractivity contribution in [1.82, 2.24) is 5.32 Å². The number of rotatable bonds is 8. The molecule has 0 saturated carbocycles. The lowest BCUT2D eigenvalue weighted by Gasteiger charge is -2.11. The minimum absolute atomic E-state index is 0.138. The number of carbonyl (C=O) groups is 2. The van der Waals surface area contributed by atoms with E-state index < -0.39 is 22.5 Å². The molecule has 9 heteroatoms. The van der Waals surface area contributed by atoms with Crippen LogP contribution >= 0.6 is 0 Å². The van der Waals surface area contributed by atoms with Crippen molar-refractivity contribution in [2.75, 3.05) is 20.3 Å². The molecule has 120 valence electrons. The highest BCUT2D eigenvalue weighted by Crippen LogP contribution is 2.34. The first kappa shape index (κ1) is 17.2. The predicted octanol–water partition coefficient (Wildman–Crippen LogP) is 1.21. The maximum atomic E-state index is 12.0. The highest BCUT2D eigenvalue weighted by Gasteiger charge is 2.24. The van der Waals surface area contributed by atoms with Crippen molar-refractivity contribution >= 4 is 17.6 Å². The highest BCUT2D eigenvalue weighted by molar-refractivity contribution is 5.99. The summed E-state index contributed by atoms with van der Waals surface area (Å²) in [5.74, 6) is -1.51.